The van der Waals surface area contributed by atoms with E-state index in [1.165, 1.54) is 5.56 Å². The third-order valence-electron chi connectivity index (χ3n) is 3.59. The van der Waals surface area contributed by atoms with Gasteiger partial charge in [-0.1, -0.05) is 30.3 Å². The quantitative estimate of drug-likeness (QED) is 0.844. The molecule has 0 radical (unpaired) electrons. The number of nitrogens with one attached hydrogen (secondary N) is 1. The topological polar surface area (TPSA) is 52.6 Å². The Morgan fingerprint density at radius 1 is 1.44 bits per heavy atom. The normalized spacial score (nSPS) is 24.9. The second kappa shape index (κ2) is 5.98. The molecular formula is C14H20N2O2. The Morgan fingerprint density at radius 2 is 2.17 bits per heavy atom. The Balaban J connectivity index is 1.98. The van der Waals surface area contributed by atoms with E-state index in [1.54, 1.807) is 0 Å². The summed E-state index contributed by atoms with van der Waals surface area (Å²) in [6.45, 7) is 4.81. The highest BCUT2D eigenvalue weighted by molar-refractivity contribution is 5.67. The molecule has 1 fully saturated rings. The van der Waals surface area contributed by atoms with E-state index in [0.717, 1.165) is 19.6 Å². The molecule has 2 N–H and O–H groups in total. The largest absolute Gasteiger partial charge is 0.481 e. The fourth-order valence-electron chi connectivity index (χ4n) is 2.49. The molecule has 0 bridgehead atoms. The zero-order chi connectivity index (χ0) is 13.0. The number of piperazine rings is 1. The average molecular weight is 248 g/mol. The van der Waals surface area contributed by atoms with Gasteiger partial charge in [0, 0.05) is 31.7 Å². The number of carboxylic acid groups (broad SMARTS) is 1. The van der Waals surface area contributed by atoms with E-state index in [4.69, 9.17) is 5.11 Å². The molecule has 0 aromatic heterocycles. The van der Waals surface area contributed by atoms with Crippen LogP contribution >= 0.6 is 0 Å². The van der Waals surface area contributed by atoms with Crippen LogP contribution in [0.25, 0.3) is 0 Å². The zero-order valence-corrected chi connectivity index (χ0v) is 10.7. The maximum absolute atomic E-state index is 10.8. The Hall–Kier alpha value is -1.39. The maximum atomic E-state index is 10.8. The Labute approximate surface area is 108 Å². The number of aliphatic carboxylic acids is 1. The van der Waals surface area contributed by atoms with Crippen molar-refractivity contribution in [3.8, 4) is 0 Å². The van der Waals surface area contributed by atoms with Gasteiger partial charge in [-0.25, -0.2) is 0 Å². The van der Waals surface area contributed by atoms with Crippen molar-refractivity contribution in [3.05, 3.63) is 35.9 Å². The van der Waals surface area contributed by atoms with Crippen molar-refractivity contribution in [2.75, 3.05) is 13.1 Å². The molecule has 0 amide bonds. The molecule has 1 aliphatic rings. The van der Waals surface area contributed by atoms with Gasteiger partial charge in [0.2, 0.25) is 0 Å². The SMILES string of the molecule is C[C@H]1[C@H](CC(=O)O)NCCN1Cc1ccccc1. The van der Waals surface area contributed by atoms with Crippen LogP contribution < -0.4 is 5.32 Å². The number of carboxylic acids is 1. The summed E-state index contributed by atoms with van der Waals surface area (Å²) in [6.07, 6.45) is 0.187. The lowest BCUT2D eigenvalue weighted by molar-refractivity contribution is -0.138. The molecule has 0 saturated carbocycles. The molecule has 18 heavy (non-hydrogen) atoms. The van der Waals surface area contributed by atoms with Crippen LogP contribution in [0, 0.1) is 0 Å². The molecule has 2 atom stereocenters. The summed E-state index contributed by atoms with van der Waals surface area (Å²) in [4.78, 5) is 13.2. The molecular weight excluding hydrogens is 228 g/mol. The van der Waals surface area contributed by atoms with E-state index in [0.29, 0.717) is 0 Å². The number of carbonyl (C=O) groups is 1. The first kappa shape index (κ1) is 13.1. The number of benzene rings is 1. The van der Waals surface area contributed by atoms with E-state index in [-0.39, 0.29) is 18.5 Å². The highest BCUT2D eigenvalue weighted by atomic mass is 16.4. The third kappa shape index (κ3) is 3.31. The lowest BCUT2D eigenvalue weighted by Gasteiger charge is -2.39. The first-order chi connectivity index (χ1) is 8.66. The number of nitrogens with zero attached hydrogens (tertiary/aromatic N) is 1. The molecule has 1 heterocycles. The van der Waals surface area contributed by atoms with Crippen LogP contribution in [0.5, 0.6) is 0 Å². The van der Waals surface area contributed by atoms with Crippen LogP contribution in [0.1, 0.15) is 18.9 Å². The first-order valence-electron chi connectivity index (χ1n) is 6.40. The Bertz CT molecular complexity index is 394. The summed E-state index contributed by atoms with van der Waals surface area (Å²) in [6, 6.07) is 10.6. The standard InChI is InChI=1S/C14H20N2O2/c1-11-13(9-14(17)18)15-7-8-16(11)10-12-5-3-2-4-6-12/h2-6,11,13,15H,7-10H2,1H3,(H,17,18)/t11-,13-/m0/s1. The van der Waals surface area contributed by atoms with Gasteiger partial charge in [-0.2, -0.15) is 0 Å². The predicted octanol–water partition coefficient (Wildman–Crippen LogP) is 1.32. The lowest BCUT2D eigenvalue weighted by Crippen LogP contribution is -2.56. The number of rotatable bonds is 4. The summed E-state index contributed by atoms with van der Waals surface area (Å²) in [5.74, 6) is -0.735. The molecule has 0 aliphatic carbocycles. The second-order valence-corrected chi connectivity index (χ2v) is 4.86. The van der Waals surface area contributed by atoms with Crippen molar-refractivity contribution in [1.29, 1.82) is 0 Å². The monoisotopic (exact) mass is 248 g/mol. The summed E-state index contributed by atoms with van der Waals surface area (Å²) >= 11 is 0. The van der Waals surface area contributed by atoms with Gasteiger partial charge < -0.3 is 10.4 Å². The van der Waals surface area contributed by atoms with Gasteiger partial charge in [-0.3, -0.25) is 9.69 Å². The summed E-state index contributed by atoms with van der Waals surface area (Å²) in [7, 11) is 0. The van der Waals surface area contributed by atoms with Crippen molar-refractivity contribution in [2.24, 2.45) is 0 Å². The molecule has 1 aliphatic heterocycles. The van der Waals surface area contributed by atoms with Crippen molar-refractivity contribution in [1.82, 2.24) is 10.2 Å². The zero-order valence-electron chi connectivity index (χ0n) is 10.7. The fraction of sp³-hybridized carbons (Fsp3) is 0.500. The second-order valence-electron chi connectivity index (χ2n) is 4.86. The van der Waals surface area contributed by atoms with Crippen molar-refractivity contribution < 1.29 is 9.90 Å². The highest BCUT2D eigenvalue weighted by Gasteiger charge is 2.28. The van der Waals surface area contributed by atoms with E-state index < -0.39 is 5.97 Å². The minimum absolute atomic E-state index is 0.0416. The van der Waals surface area contributed by atoms with Gasteiger partial charge in [0.15, 0.2) is 0 Å². The molecule has 98 valence electrons. The molecule has 1 aromatic carbocycles. The van der Waals surface area contributed by atoms with Gasteiger partial charge >= 0.3 is 5.97 Å². The van der Waals surface area contributed by atoms with E-state index in [9.17, 15) is 4.79 Å². The molecule has 4 heteroatoms. The van der Waals surface area contributed by atoms with E-state index in [2.05, 4.69) is 29.3 Å². The molecule has 1 saturated heterocycles. The van der Waals surface area contributed by atoms with Gasteiger partial charge in [-0.05, 0) is 12.5 Å². The van der Waals surface area contributed by atoms with Gasteiger partial charge in [0.1, 0.15) is 0 Å². The van der Waals surface area contributed by atoms with Crippen LogP contribution in [0.4, 0.5) is 0 Å². The summed E-state index contributed by atoms with van der Waals surface area (Å²) in [5.41, 5.74) is 1.28. The number of hydrogen-bond acceptors (Lipinski definition) is 3. The predicted molar refractivity (Wildman–Crippen MR) is 70.4 cm³/mol. The fourth-order valence-corrected chi connectivity index (χ4v) is 2.49. The van der Waals surface area contributed by atoms with Crippen LogP contribution in [-0.2, 0) is 11.3 Å². The van der Waals surface area contributed by atoms with Gasteiger partial charge in [0.05, 0.1) is 6.42 Å². The molecule has 2 rings (SSSR count). The number of hydrogen-bond donors (Lipinski definition) is 2. The van der Waals surface area contributed by atoms with Crippen molar-refractivity contribution in [3.63, 3.8) is 0 Å². The van der Waals surface area contributed by atoms with Gasteiger partial charge in [-0.15, -0.1) is 0 Å². The summed E-state index contributed by atoms with van der Waals surface area (Å²) < 4.78 is 0. The molecule has 4 nitrogen and oxygen atoms in total. The van der Waals surface area contributed by atoms with Crippen LogP contribution in [0.15, 0.2) is 30.3 Å². The Morgan fingerprint density at radius 3 is 2.83 bits per heavy atom. The highest BCUT2D eigenvalue weighted by Crippen LogP contribution is 2.15. The van der Waals surface area contributed by atoms with Gasteiger partial charge in [0.25, 0.3) is 0 Å². The van der Waals surface area contributed by atoms with Crippen molar-refractivity contribution >= 4 is 5.97 Å². The van der Waals surface area contributed by atoms with Crippen LogP contribution in [0.3, 0.4) is 0 Å². The minimum Gasteiger partial charge on any atom is -0.481 e. The van der Waals surface area contributed by atoms with Crippen LogP contribution in [0.2, 0.25) is 0 Å². The maximum Gasteiger partial charge on any atom is 0.304 e. The van der Waals surface area contributed by atoms with E-state index >= 15 is 0 Å². The molecule has 0 unspecified atom stereocenters. The third-order valence-corrected chi connectivity index (χ3v) is 3.59. The smallest absolute Gasteiger partial charge is 0.304 e. The average Bonchev–Trinajstić information content (AvgIpc) is 2.35. The molecule has 1 aromatic rings. The molecule has 0 spiro atoms. The Kier molecular flexibility index (Phi) is 4.33. The minimum atomic E-state index is -0.735. The van der Waals surface area contributed by atoms with E-state index in [1.807, 2.05) is 18.2 Å². The summed E-state index contributed by atoms with van der Waals surface area (Å²) in [5, 5.41) is 12.2. The first-order valence-corrected chi connectivity index (χ1v) is 6.40. The lowest BCUT2D eigenvalue weighted by atomic mass is 10.0. The van der Waals surface area contributed by atoms with Crippen molar-refractivity contribution in [2.45, 2.75) is 32.0 Å². The van der Waals surface area contributed by atoms with Crippen LogP contribution in [-0.4, -0.2) is 41.1 Å².